The second-order valence-corrected chi connectivity index (χ2v) is 6.80. The van der Waals surface area contributed by atoms with Gasteiger partial charge in [0, 0.05) is 24.9 Å². The summed E-state index contributed by atoms with van der Waals surface area (Å²) in [6.07, 6.45) is -1.52. The molecule has 0 bridgehead atoms. The third kappa shape index (κ3) is 8.60. The van der Waals surface area contributed by atoms with E-state index in [9.17, 15) is 23.1 Å². The minimum absolute atomic E-state index is 0.0465. The number of amides is 2. The quantitative estimate of drug-likeness (QED) is 0.303. The van der Waals surface area contributed by atoms with E-state index in [1.165, 1.54) is 13.8 Å². The third-order valence-electron chi connectivity index (χ3n) is 2.73. The van der Waals surface area contributed by atoms with Crippen LogP contribution in [-0.2, 0) is 19.7 Å². The molecule has 0 heterocycles. The Balaban J connectivity index is 3.99. The number of carbonyl (C=O) groups excluding carboxylic acids is 2. The minimum atomic E-state index is -4.13. The molecule has 124 valence electrons. The summed E-state index contributed by atoms with van der Waals surface area (Å²) in [4.78, 5) is 22.9. The lowest BCUT2D eigenvalue weighted by atomic mass is 9.87. The number of hydrogen-bond acceptors (Lipinski definition) is 6. The lowest BCUT2D eigenvalue weighted by molar-refractivity contribution is -0.137. The van der Waals surface area contributed by atoms with Crippen LogP contribution in [0.4, 0.5) is 0 Å². The minimum Gasteiger partial charge on any atom is -0.396 e. The SMILES string of the molecule is CC(C)(CO)C(O)C(=O)NCCC(=O)NCCS(=O)(=O)O. The molecule has 1 unspecified atom stereocenters. The third-order valence-corrected chi connectivity index (χ3v) is 3.45. The summed E-state index contributed by atoms with van der Waals surface area (Å²) >= 11 is 0. The molecule has 0 aromatic rings. The first-order valence-electron chi connectivity index (χ1n) is 6.28. The summed E-state index contributed by atoms with van der Waals surface area (Å²) < 4.78 is 29.3. The molecular formula is C11H22N2O7S. The van der Waals surface area contributed by atoms with Crippen LogP contribution < -0.4 is 10.6 Å². The second kappa shape index (κ2) is 8.27. The van der Waals surface area contributed by atoms with E-state index in [0.29, 0.717) is 0 Å². The van der Waals surface area contributed by atoms with Crippen molar-refractivity contribution >= 4 is 21.9 Å². The molecular weight excluding hydrogens is 304 g/mol. The zero-order valence-electron chi connectivity index (χ0n) is 12.0. The summed E-state index contributed by atoms with van der Waals surface area (Å²) in [5.74, 6) is -1.80. The van der Waals surface area contributed by atoms with Crippen molar-refractivity contribution in [3.8, 4) is 0 Å². The maximum absolute atomic E-state index is 11.6. The van der Waals surface area contributed by atoms with Crippen LogP contribution >= 0.6 is 0 Å². The van der Waals surface area contributed by atoms with E-state index in [2.05, 4.69) is 10.6 Å². The molecule has 0 aromatic heterocycles. The van der Waals surface area contributed by atoms with Crippen LogP contribution in [0.25, 0.3) is 0 Å². The molecule has 0 radical (unpaired) electrons. The van der Waals surface area contributed by atoms with Gasteiger partial charge in [-0.1, -0.05) is 13.8 Å². The second-order valence-electron chi connectivity index (χ2n) is 5.23. The maximum Gasteiger partial charge on any atom is 0.266 e. The van der Waals surface area contributed by atoms with E-state index in [1.807, 2.05) is 0 Å². The molecule has 0 aliphatic carbocycles. The van der Waals surface area contributed by atoms with Crippen LogP contribution in [0, 0.1) is 5.41 Å². The van der Waals surface area contributed by atoms with Gasteiger partial charge in [0.15, 0.2) is 0 Å². The van der Waals surface area contributed by atoms with E-state index < -0.39 is 39.2 Å². The van der Waals surface area contributed by atoms with Crippen molar-refractivity contribution in [2.24, 2.45) is 5.41 Å². The fourth-order valence-electron chi connectivity index (χ4n) is 1.25. The van der Waals surface area contributed by atoms with Crippen molar-refractivity contribution in [2.45, 2.75) is 26.4 Å². The van der Waals surface area contributed by atoms with Gasteiger partial charge in [0.05, 0.1) is 12.4 Å². The highest BCUT2D eigenvalue weighted by atomic mass is 32.2. The lowest BCUT2D eigenvalue weighted by Gasteiger charge is -2.27. The monoisotopic (exact) mass is 326 g/mol. The highest BCUT2D eigenvalue weighted by Gasteiger charge is 2.32. The normalized spacial score (nSPS) is 13.6. The Bertz CT molecular complexity index is 461. The first-order chi connectivity index (χ1) is 9.49. The first kappa shape index (κ1) is 19.8. The van der Waals surface area contributed by atoms with Gasteiger partial charge in [0.1, 0.15) is 6.10 Å². The summed E-state index contributed by atoms with van der Waals surface area (Å²) in [7, 11) is -4.13. The standard InChI is InChI=1S/C11H22N2O7S/c1-11(2,7-14)9(16)10(17)13-4-3-8(15)12-5-6-21(18,19)20/h9,14,16H,3-7H2,1-2H3,(H,12,15)(H,13,17)(H,18,19,20). The zero-order valence-corrected chi connectivity index (χ0v) is 12.8. The van der Waals surface area contributed by atoms with Crippen molar-refractivity contribution in [1.29, 1.82) is 0 Å². The van der Waals surface area contributed by atoms with E-state index in [4.69, 9.17) is 9.66 Å². The molecule has 0 aliphatic rings. The van der Waals surface area contributed by atoms with Crippen molar-refractivity contribution < 1.29 is 32.8 Å². The van der Waals surface area contributed by atoms with Crippen LogP contribution in [0.1, 0.15) is 20.3 Å². The molecule has 5 N–H and O–H groups in total. The molecule has 9 nitrogen and oxygen atoms in total. The van der Waals surface area contributed by atoms with Gasteiger partial charge in [-0.3, -0.25) is 14.1 Å². The van der Waals surface area contributed by atoms with E-state index in [0.717, 1.165) is 0 Å². The molecule has 0 spiro atoms. The Hall–Kier alpha value is -1.23. The summed E-state index contributed by atoms with van der Waals surface area (Å²) in [5.41, 5.74) is -0.998. The average molecular weight is 326 g/mol. The molecule has 0 saturated carbocycles. The van der Waals surface area contributed by atoms with Crippen molar-refractivity contribution in [3.63, 3.8) is 0 Å². The fraction of sp³-hybridized carbons (Fsp3) is 0.818. The smallest absolute Gasteiger partial charge is 0.266 e. The number of aliphatic hydroxyl groups excluding tert-OH is 2. The largest absolute Gasteiger partial charge is 0.396 e. The van der Waals surface area contributed by atoms with E-state index in [1.54, 1.807) is 0 Å². The summed E-state index contributed by atoms with van der Waals surface area (Å²) in [5, 5.41) is 23.3. The van der Waals surface area contributed by atoms with Gasteiger partial charge in [0.2, 0.25) is 11.8 Å². The summed E-state index contributed by atoms with van der Waals surface area (Å²) in [6.45, 7) is 2.37. The van der Waals surface area contributed by atoms with Crippen LogP contribution in [0.5, 0.6) is 0 Å². The average Bonchev–Trinajstić information content (AvgIpc) is 2.36. The number of rotatable bonds is 9. The highest BCUT2D eigenvalue weighted by Crippen LogP contribution is 2.19. The lowest BCUT2D eigenvalue weighted by Crippen LogP contribution is -2.46. The topological polar surface area (TPSA) is 153 Å². The van der Waals surface area contributed by atoms with Crippen LogP contribution in [0.2, 0.25) is 0 Å². The Morgan fingerprint density at radius 1 is 1.19 bits per heavy atom. The Labute approximate surface area is 123 Å². The Morgan fingerprint density at radius 3 is 2.24 bits per heavy atom. The van der Waals surface area contributed by atoms with Crippen molar-refractivity contribution in [2.75, 3.05) is 25.4 Å². The molecule has 0 saturated heterocycles. The number of aliphatic hydroxyl groups is 2. The van der Waals surface area contributed by atoms with Crippen molar-refractivity contribution in [3.05, 3.63) is 0 Å². The molecule has 0 rings (SSSR count). The predicted molar refractivity (Wildman–Crippen MR) is 73.9 cm³/mol. The van der Waals surface area contributed by atoms with Gasteiger partial charge in [0.25, 0.3) is 10.1 Å². The summed E-state index contributed by atoms with van der Waals surface area (Å²) in [6, 6.07) is 0. The molecule has 21 heavy (non-hydrogen) atoms. The van der Waals surface area contributed by atoms with Gasteiger partial charge in [-0.2, -0.15) is 8.42 Å². The molecule has 10 heteroatoms. The van der Waals surface area contributed by atoms with Crippen LogP contribution in [0.15, 0.2) is 0 Å². The van der Waals surface area contributed by atoms with E-state index in [-0.39, 0.29) is 26.1 Å². The van der Waals surface area contributed by atoms with Crippen molar-refractivity contribution in [1.82, 2.24) is 10.6 Å². The van der Waals surface area contributed by atoms with Gasteiger partial charge in [-0.15, -0.1) is 0 Å². The van der Waals surface area contributed by atoms with Crippen LogP contribution in [-0.4, -0.2) is 66.6 Å². The van der Waals surface area contributed by atoms with Gasteiger partial charge >= 0.3 is 0 Å². The molecule has 1 atom stereocenters. The Kier molecular flexibility index (Phi) is 7.79. The van der Waals surface area contributed by atoms with Crippen LogP contribution in [0.3, 0.4) is 0 Å². The maximum atomic E-state index is 11.6. The number of nitrogens with one attached hydrogen (secondary N) is 2. The fourth-order valence-corrected chi connectivity index (χ4v) is 1.61. The first-order valence-corrected chi connectivity index (χ1v) is 7.89. The number of carbonyl (C=O) groups is 2. The molecule has 2 amide bonds. The zero-order chi connectivity index (χ0) is 16.7. The van der Waals surface area contributed by atoms with Gasteiger partial charge in [-0.05, 0) is 0 Å². The highest BCUT2D eigenvalue weighted by molar-refractivity contribution is 7.85. The van der Waals surface area contributed by atoms with Gasteiger partial charge < -0.3 is 20.8 Å². The predicted octanol–water partition coefficient (Wildman–Crippen LogP) is -2.12. The Morgan fingerprint density at radius 2 is 1.76 bits per heavy atom. The van der Waals surface area contributed by atoms with E-state index >= 15 is 0 Å². The molecule has 0 fully saturated rings. The number of hydrogen-bond donors (Lipinski definition) is 5. The molecule has 0 aliphatic heterocycles. The molecule has 0 aromatic carbocycles. The van der Waals surface area contributed by atoms with Gasteiger partial charge in [-0.25, -0.2) is 0 Å².